The van der Waals surface area contributed by atoms with Crippen molar-refractivity contribution >= 4 is 19.8 Å². The number of hydrogen-bond acceptors (Lipinski definition) is 8. The van der Waals surface area contributed by atoms with Gasteiger partial charge < -0.3 is 39.0 Å². The number of aliphatic carboxylic acids is 2. The molecule has 0 saturated heterocycles. The van der Waals surface area contributed by atoms with Crippen LogP contribution in [0.25, 0.3) is 0 Å². The third-order valence-corrected chi connectivity index (χ3v) is 0.697. The summed E-state index contributed by atoms with van der Waals surface area (Å²) in [4.78, 5) is 44.6. The number of carbonyl (C=O) groups excluding carboxylic acids is 2. The first-order valence-electron chi connectivity index (χ1n) is 3.75. The van der Waals surface area contributed by atoms with Gasteiger partial charge in [-0.3, -0.25) is 0 Å². The molecule has 0 aliphatic rings. The number of carboxylic acids is 2. The lowest BCUT2D eigenvalue weighted by Gasteiger charge is -2.36. The molecule has 0 N–H and O–H groups in total. The molecule has 0 spiro atoms. The van der Waals surface area contributed by atoms with E-state index in [9.17, 15) is 19.8 Å². The first-order chi connectivity index (χ1) is 7.29. The van der Waals surface area contributed by atoms with Gasteiger partial charge in [0.2, 0.25) is 0 Å². The largest absolute Gasteiger partial charge is 0.822 e. The molecule has 0 aliphatic carbocycles. The van der Waals surface area contributed by atoms with E-state index in [1.54, 1.807) is 0 Å². The second kappa shape index (κ2) is 9.73. The summed E-state index contributed by atoms with van der Waals surface area (Å²) in [5.74, 6) is -2.37. The number of hydrogen-bond donors (Lipinski definition) is 0. The predicted molar refractivity (Wildman–Crippen MR) is 47.2 cm³/mol. The van der Waals surface area contributed by atoms with E-state index in [-0.39, 0.29) is 11.1 Å². The minimum atomic E-state index is -5.39. The maximum Gasteiger partial charge on any atom is 0.0666 e. The Bertz CT molecular complexity index is 283. The van der Waals surface area contributed by atoms with Crippen molar-refractivity contribution in [2.75, 3.05) is 0 Å². The average Bonchev–Trinajstić information content (AvgIpc) is 2.01. The standard InChI is InChI=1S/2C4H6O2.H3O4P/c2*1-3(2)4(5)6;1-5(2,3)4/h2*1H2,2H3,(H,5,6);(H3,1,2,3,4)/p-5. The van der Waals surface area contributed by atoms with E-state index < -0.39 is 19.8 Å². The molecule has 0 aromatic rings. The molecule has 0 atom stereocenters. The Morgan fingerprint density at radius 1 is 0.882 bits per heavy atom. The summed E-state index contributed by atoms with van der Waals surface area (Å²) in [6.45, 7) is 8.95. The average molecular weight is 265 g/mol. The van der Waals surface area contributed by atoms with Crippen molar-refractivity contribution in [2.45, 2.75) is 13.8 Å². The van der Waals surface area contributed by atoms with Crippen LogP contribution in [0.5, 0.6) is 0 Å². The molecule has 0 aromatic carbocycles. The van der Waals surface area contributed by atoms with Crippen LogP contribution in [0.1, 0.15) is 13.8 Å². The zero-order valence-electron chi connectivity index (χ0n) is 9.13. The molecule has 0 rings (SSSR count). The van der Waals surface area contributed by atoms with Gasteiger partial charge in [-0.1, -0.05) is 13.2 Å². The van der Waals surface area contributed by atoms with Crippen molar-refractivity contribution in [1.82, 2.24) is 0 Å². The Labute approximate surface area is 97.8 Å². The van der Waals surface area contributed by atoms with E-state index in [0.29, 0.717) is 0 Å². The van der Waals surface area contributed by atoms with Gasteiger partial charge in [0.15, 0.2) is 0 Å². The Balaban J connectivity index is -0.000000174. The van der Waals surface area contributed by atoms with Gasteiger partial charge in [0.1, 0.15) is 0 Å². The Morgan fingerprint density at radius 3 is 0.941 bits per heavy atom. The van der Waals surface area contributed by atoms with Crippen LogP contribution < -0.4 is 24.9 Å². The third kappa shape index (κ3) is 53.5. The first-order valence-corrected chi connectivity index (χ1v) is 5.21. The molecular weight excluding hydrogens is 255 g/mol. The Morgan fingerprint density at radius 2 is 0.941 bits per heavy atom. The highest BCUT2D eigenvalue weighted by Crippen LogP contribution is 2.03. The molecular formula is C8H10O8P-5. The topological polar surface area (TPSA) is 167 Å². The zero-order chi connectivity index (χ0) is 14.8. The first kappa shape index (κ1) is 20.9. The van der Waals surface area contributed by atoms with Crippen molar-refractivity contribution in [3.05, 3.63) is 24.3 Å². The summed E-state index contributed by atoms with van der Waals surface area (Å²) in [5.41, 5.74) is 0.130. The van der Waals surface area contributed by atoms with Crippen LogP contribution >= 0.6 is 7.82 Å². The van der Waals surface area contributed by atoms with Crippen LogP contribution in [0.2, 0.25) is 0 Å². The number of carboxylic acid groups (broad SMARTS) is 2. The molecule has 9 heteroatoms. The lowest BCUT2D eigenvalue weighted by molar-refractivity contribution is -0.432. The second-order valence-corrected chi connectivity index (χ2v) is 3.48. The van der Waals surface area contributed by atoms with E-state index >= 15 is 0 Å². The molecule has 17 heavy (non-hydrogen) atoms. The fraction of sp³-hybridized carbons (Fsp3) is 0.250. The van der Waals surface area contributed by atoms with Gasteiger partial charge in [-0.05, 0) is 25.0 Å². The normalized spacial score (nSPS) is 8.76. The van der Waals surface area contributed by atoms with Crippen molar-refractivity contribution in [2.24, 2.45) is 0 Å². The molecule has 0 radical (unpaired) electrons. The molecule has 8 nitrogen and oxygen atoms in total. The molecule has 0 bridgehead atoms. The molecule has 0 aromatic heterocycles. The number of phosphoric acid groups is 1. The van der Waals surface area contributed by atoms with Crippen LogP contribution in [0, 0.1) is 0 Å². The van der Waals surface area contributed by atoms with Gasteiger partial charge >= 0.3 is 0 Å². The minimum absolute atomic E-state index is 0.0648. The number of carbonyl (C=O) groups is 2. The minimum Gasteiger partial charge on any atom is -0.822 e. The van der Waals surface area contributed by atoms with Crippen molar-refractivity contribution in [1.29, 1.82) is 0 Å². The molecule has 0 saturated carbocycles. The van der Waals surface area contributed by atoms with Gasteiger partial charge in [0, 0.05) is 0 Å². The number of rotatable bonds is 2. The van der Waals surface area contributed by atoms with E-state index in [1.165, 1.54) is 13.8 Å². The lowest BCUT2D eigenvalue weighted by Crippen LogP contribution is -2.24. The van der Waals surface area contributed by atoms with E-state index in [4.69, 9.17) is 19.2 Å². The highest BCUT2D eigenvalue weighted by Gasteiger charge is 1.76. The summed E-state index contributed by atoms with van der Waals surface area (Å²) in [6.07, 6.45) is 0. The van der Waals surface area contributed by atoms with Gasteiger partial charge in [-0.15, -0.1) is 0 Å². The summed E-state index contributed by atoms with van der Waals surface area (Å²) >= 11 is 0. The predicted octanol–water partition coefficient (Wildman–Crippen LogP) is -4.20. The maximum atomic E-state index is 9.49. The van der Waals surface area contributed by atoms with Gasteiger partial charge in [0.05, 0.1) is 11.9 Å². The van der Waals surface area contributed by atoms with Crippen LogP contribution in [-0.4, -0.2) is 11.9 Å². The fourth-order valence-corrected chi connectivity index (χ4v) is 0. The smallest absolute Gasteiger partial charge is 0.0666 e. The molecule has 0 amide bonds. The summed E-state index contributed by atoms with van der Waals surface area (Å²) in [6, 6.07) is 0. The van der Waals surface area contributed by atoms with Crippen LogP contribution in [0.15, 0.2) is 24.3 Å². The maximum absolute atomic E-state index is 9.49. The fourth-order valence-electron chi connectivity index (χ4n) is 0. The van der Waals surface area contributed by atoms with E-state index in [1.807, 2.05) is 0 Å². The van der Waals surface area contributed by atoms with Crippen molar-refractivity contribution < 1.29 is 39.0 Å². The lowest BCUT2D eigenvalue weighted by atomic mass is 10.4. The third-order valence-electron chi connectivity index (χ3n) is 0.697. The Kier molecular flexibility index (Phi) is 12.0. The zero-order valence-corrected chi connectivity index (χ0v) is 10.0. The molecule has 0 unspecified atom stereocenters. The second-order valence-electron chi connectivity index (χ2n) is 2.58. The highest BCUT2D eigenvalue weighted by molar-refractivity contribution is 7.40. The molecule has 0 heterocycles. The van der Waals surface area contributed by atoms with Gasteiger partial charge in [-0.25, -0.2) is 0 Å². The van der Waals surface area contributed by atoms with Crippen LogP contribution in [0.3, 0.4) is 0 Å². The van der Waals surface area contributed by atoms with Crippen molar-refractivity contribution in [3.63, 3.8) is 0 Å². The van der Waals surface area contributed by atoms with Crippen LogP contribution in [0.4, 0.5) is 0 Å². The monoisotopic (exact) mass is 265 g/mol. The summed E-state index contributed by atoms with van der Waals surface area (Å²) < 4.78 is 8.55. The SMILES string of the molecule is C=C(C)C(=O)[O-].C=C(C)C(=O)[O-].O=P([O-])([O-])[O-]. The van der Waals surface area contributed by atoms with Crippen LogP contribution in [-0.2, 0) is 14.2 Å². The summed E-state index contributed by atoms with van der Waals surface area (Å²) in [5, 5.41) is 19.0. The molecule has 0 aliphatic heterocycles. The molecule has 100 valence electrons. The quantitative estimate of drug-likeness (QED) is 0.357. The highest BCUT2D eigenvalue weighted by atomic mass is 31.2. The Hall–Kier alpha value is -1.47. The van der Waals surface area contributed by atoms with Gasteiger partial charge in [0.25, 0.3) is 0 Å². The summed E-state index contributed by atoms with van der Waals surface area (Å²) in [7, 11) is -5.39. The van der Waals surface area contributed by atoms with E-state index in [0.717, 1.165) is 0 Å². The molecule has 0 fully saturated rings. The van der Waals surface area contributed by atoms with Crippen molar-refractivity contribution in [3.8, 4) is 0 Å². The van der Waals surface area contributed by atoms with E-state index in [2.05, 4.69) is 13.2 Å². The van der Waals surface area contributed by atoms with Gasteiger partial charge in [-0.2, -0.15) is 7.82 Å².